The highest BCUT2D eigenvalue weighted by molar-refractivity contribution is 5.92. The molecule has 1 amide bonds. The summed E-state index contributed by atoms with van der Waals surface area (Å²) >= 11 is 0. The van der Waals surface area contributed by atoms with Crippen LogP contribution in [-0.2, 0) is 4.79 Å². The number of fused-ring (bicyclic) bond motifs is 1. The molecule has 130 valence electrons. The Morgan fingerprint density at radius 2 is 1.96 bits per heavy atom. The van der Waals surface area contributed by atoms with Gasteiger partial charge in [-0.2, -0.15) is 0 Å². The highest BCUT2D eigenvalue weighted by Gasteiger charge is 2.45. The molecule has 4 rings (SSSR count). The first-order valence-electron chi connectivity index (χ1n) is 8.90. The molecule has 0 radical (unpaired) electrons. The predicted molar refractivity (Wildman–Crippen MR) is 97.3 cm³/mol. The largest absolute Gasteiger partial charge is 0.495 e. The van der Waals surface area contributed by atoms with Crippen molar-refractivity contribution in [3.05, 3.63) is 54.1 Å². The summed E-state index contributed by atoms with van der Waals surface area (Å²) < 4.78 is 11.6. The second-order valence-electron chi connectivity index (χ2n) is 7.03. The van der Waals surface area contributed by atoms with Crippen LogP contribution in [0.5, 0.6) is 11.5 Å². The summed E-state index contributed by atoms with van der Waals surface area (Å²) in [4.78, 5) is 12.7. The molecule has 1 aliphatic carbocycles. The minimum atomic E-state index is -0.0518. The molecule has 1 heterocycles. The lowest BCUT2D eigenvalue weighted by Gasteiger charge is -2.48. The normalized spacial score (nSPS) is 20.1. The lowest BCUT2D eigenvalue weighted by molar-refractivity contribution is -0.117. The lowest BCUT2D eigenvalue weighted by atomic mass is 9.70. The molecule has 4 nitrogen and oxygen atoms in total. The quantitative estimate of drug-likeness (QED) is 0.893. The summed E-state index contributed by atoms with van der Waals surface area (Å²) in [5.41, 5.74) is 1.81. The molecule has 2 aromatic rings. The Hall–Kier alpha value is -2.49. The van der Waals surface area contributed by atoms with Crippen LogP contribution in [0, 0.1) is 0 Å². The van der Waals surface area contributed by atoms with Crippen LogP contribution in [0.2, 0.25) is 0 Å². The monoisotopic (exact) mass is 337 g/mol. The van der Waals surface area contributed by atoms with Crippen LogP contribution in [0.4, 0.5) is 5.69 Å². The van der Waals surface area contributed by atoms with Crippen molar-refractivity contribution in [2.45, 2.75) is 43.6 Å². The molecule has 0 aromatic heterocycles. The minimum Gasteiger partial charge on any atom is -0.495 e. The van der Waals surface area contributed by atoms with Crippen LogP contribution in [0.1, 0.15) is 43.6 Å². The van der Waals surface area contributed by atoms with E-state index in [1.165, 1.54) is 6.42 Å². The molecule has 1 fully saturated rings. The van der Waals surface area contributed by atoms with Gasteiger partial charge >= 0.3 is 0 Å². The third kappa shape index (κ3) is 3.09. The van der Waals surface area contributed by atoms with E-state index in [0.717, 1.165) is 30.6 Å². The van der Waals surface area contributed by atoms with E-state index in [9.17, 15) is 4.79 Å². The second-order valence-corrected chi connectivity index (χ2v) is 7.03. The fraction of sp³-hybridized carbons (Fsp3) is 0.381. The molecule has 1 aliphatic heterocycles. The van der Waals surface area contributed by atoms with E-state index >= 15 is 0 Å². The van der Waals surface area contributed by atoms with Gasteiger partial charge in [-0.15, -0.1) is 0 Å². The van der Waals surface area contributed by atoms with Gasteiger partial charge in [-0.1, -0.05) is 30.3 Å². The van der Waals surface area contributed by atoms with Gasteiger partial charge in [0.05, 0.1) is 12.8 Å². The van der Waals surface area contributed by atoms with Crippen molar-refractivity contribution in [3.8, 4) is 11.5 Å². The van der Waals surface area contributed by atoms with Gasteiger partial charge in [-0.25, -0.2) is 0 Å². The van der Waals surface area contributed by atoms with E-state index in [0.29, 0.717) is 17.9 Å². The van der Waals surface area contributed by atoms with Crippen molar-refractivity contribution in [2.24, 2.45) is 0 Å². The SMILES string of the molecule is COc1ccccc1NC(=O)CC1CC2(CCC2)Oc2ccccc21. The van der Waals surface area contributed by atoms with Crippen molar-refractivity contribution < 1.29 is 14.3 Å². The summed E-state index contributed by atoms with van der Waals surface area (Å²) in [7, 11) is 1.61. The number of methoxy groups -OCH3 is 1. The maximum atomic E-state index is 12.7. The van der Waals surface area contributed by atoms with E-state index in [-0.39, 0.29) is 17.4 Å². The van der Waals surface area contributed by atoms with E-state index < -0.39 is 0 Å². The van der Waals surface area contributed by atoms with Crippen LogP contribution < -0.4 is 14.8 Å². The first-order valence-corrected chi connectivity index (χ1v) is 8.90. The highest BCUT2D eigenvalue weighted by Crippen LogP contribution is 2.50. The predicted octanol–water partition coefficient (Wildman–Crippen LogP) is 4.51. The maximum absolute atomic E-state index is 12.7. The van der Waals surface area contributed by atoms with Crippen LogP contribution in [-0.4, -0.2) is 18.6 Å². The van der Waals surface area contributed by atoms with Gasteiger partial charge in [0.15, 0.2) is 0 Å². The van der Waals surface area contributed by atoms with Crippen molar-refractivity contribution in [1.29, 1.82) is 0 Å². The zero-order valence-corrected chi connectivity index (χ0v) is 14.5. The summed E-state index contributed by atoms with van der Waals surface area (Å²) in [6.45, 7) is 0. The van der Waals surface area contributed by atoms with Crippen molar-refractivity contribution >= 4 is 11.6 Å². The molecule has 0 saturated heterocycles. The zero-order chi connectivity index (χ0) is 17.3. The number of nitrogens with one attached hydrogen (secondary N) is 1. The molecule has 25 heavy (non-hydrogen) atoms. The molecule has 1 N–H and O–H groups in total. The number of rotatable bonds is 4. The number of para-hydroxylation sites is 3. The average molecular weight is 337 g/mol. The molecular formula is C21H23NO3. The third-order valence-corrected chi connectivity index (χ3v) is 5.38. The zero-order valence-electron chi connectivity index (χ0n) is 14.5. The number of amides is 1. The molecule has 4 heteroatoms. The summed E-state index contributed by atoms with van der Waals surface area (Å²) in [5.74, 6) is 1.84. The summed E-state index contributed by atoms with van der Waals surface area (Å²) in [6.07, 6.45) is 4.77. The summed E-state index contributed by atoms with van der Waals surface area (Å²) in [6, 6.07) is 15.6. The van der Waals surface area contributed by atoms with Gasteiger partial charge < -0.3 is 14.8 Å². The third-order valence-electron chi connectivity index (χ3n) is 5.38. The number of hydrogen-bond acceptors (Lipinski definition) is 3. The van der Waals surface area contributed by atoms with Crippen LogP contribution >= 0.6 is 0 Å². The Morgan fingerprint density at radius 1 is 1.20 bits per heavy atom. The smallest absolute Gasteiger partial charge is 0.225 e. The Kier molecular flexibility index (Phi) is 4.12. The number of hydrogen-bond donors (Lipinski definition) is 1. The number of carbonyl (C=O) groups excluding carboxylic acids is 1. The fourth-order valence-electron chi connectivity index (χ4n) is 3.98. The molecule has 1 saturated carbocycles. The number of anilines is 1. The maximum Gasteiger partial charge on any atom is 0.225 e. The Morgan fingerprint density at radius 3 is 2.72 bits per heavy atom. The molecule has 1 unspecified atom stereocenters. The standard InChI is InChI=1S/C21H23NO3/c1-24-19-10-5-3-8-17(19)22-20(23)13-15-14-21(11-6-12-21)25-18-9-4-2-7-16(15)18/h2-5,7-10,15H,6,11-14H2,1H3,(H,22,23). The molecule has 1 spiro atoms. The lowest BCUT2D eigenvalue weighted by Crippen LogP contribution is -2.47. The van der Waals surface area contributed by atoms with Crippen molar-refractivity contribution in [2.75, 3.05) is 12.4 Å². The van der Waals surface area contributed by atoms with Crippen molar-refractivity contribution in [3.63, 3.8) is 0 Å². The van der Waals surface area contributed by atoms with Crippen molar-refractivity contribution in [1.82, 2.24) is 0 Å². The molecule has 0 bridgehead atoms. The fourth-order valence-corrected chi connectivity index (χ4v) is 3.98. The van der Waals surface area contributed by atoms with E-state index in [2.05, 4.69) is 11.4 Å². The van der Waals surface area contributed by atoms with Crippen LogP contribution in [0.25, 0.3) is 0 Å². The molecule has 2 aliphatic rings. The van der Waals surface area contributed by atoms with Crippen LogP contribution in [0.15, 0.2) is 48.5 Å². The highest BCUT2D eigenvalue weighted by atomic mass is 16.5. The number of ether oxygens (including phenoxy) is 2. The number of benzene rings is 2. The topological polar surface area (TPSA) is 47.6 Å². The minimum absolute atomic E-state index is 0.0145. The van der Waals surface area contributed by atoms with E-state index in [1.54, 1.807) is 7.11 Å². The van der Waals surface area contributed by atoms with Gasteiger partial charge in [0.25, 0.3) is 0 Å². The Labute approximate surface area is 148 Å². The Bertz CT molecular complexity index is 782. The van der Waals surface area contributed by atoms with Gasteiger partial charge in [0, 0.05) is 12.3 Å². The average Bonchev–Trinajstić information content (AvgIpc) is 2.60. The Balaban J connectivity index is 1.52. The second kappa shape index (κ2) is 6.43. The number of carbonyl (C=O) groups is 1. The molecule has 2 aromatic carbocycles. The first kappa shape index (κ1) is 16.0. The van der Waals surface area contributed by atoms with Gasteiger partial charge in [-0.3, -0.25) is 4.79 Å². The van der Waals surface area contributed by atoms with Crippen LogP contribution in [0.3, 0.4) is 0 Å². The van der Waals surface area contributed by atoms with Gasteiger partial charge in [0.2, 0.25) is 5.91 Å². The van der Waals surface area contributed by atoms with E-state index in [4.69, 9.17) is 9.47 Å². The first-order chi connectivity index (χ1) is 12.2. The van der Waals surface area contributed by atoms with Gasteiger partial charge in [-0.05, 0) is 49.4 Å². The molecular weight excluding hydrogens is 314 g/mol. The van der Waals surface area contributed by atoms with Gasteiger partial charge in [0.1, 0.15) is 17.1 Å². The van der Waals surface area contributed by atoms with E-state index in [1.807, 2.05) is 42.5 Å². The summed E-state index contributed by atoms with van der Waals surface area (Å²) in [5, 5.41) is 3.00. The molecule has 1 atom stereocenters.